The molecule has 3 heteroatoms. The highest BCUT2D eigenvalue weighted by Crippen LogP contribution is 2.11. The van der Waals surface area contributed by atoms with E-state index in [-0.39, 0.29) is 5.56 Å². The molecule has 2 aliphatic heterocycles. The van der Waals surface area contributed by atoms with Gasteiger partial charge in [0.2, 0.25) is 0 Å². The van der Waals surface area contributed by atoms with Crippen molar-refractivity contribution in [3.8, 4) is 0 Å². The van der Waals surface area contributed by atoms with Crippen LogP contribution in [-0.4, -0.2) is 25.4 Å². The Labute approximate surface area is 60.1 Å². The Morgan fingerprint density at radius 3 is 1.78 bits per heavy atom. The van der Waals surface area contributed by atoms with Crippen LogP contribution < -0.4 is 0 Å². The van der Waals surface area contributed by atoms with Crippen molar-refractivity contribution >= 4 is 11.6 Å². The van der Waals surface area contributed by atoms with Crippen LogP contribution in [0.5, 0.6) is 0 Å². The van der Waals surface area contributed by atoms with Gasteiger partial charge >= 0.3 is 0 Å². The molecule has 2 saturated heterocycles. The molecule has 0 bridgehead atoms. The summed E-state index contributed by atoms with van der Waals surface area (Å²) >= 11 is 5.16. The first kappa shape index (κ1) is 7.32. The highest BCUT2D eigenvalue weighted by Gasteiger charge is 2.16. The largest absolute Gasteiger partial charge is 0.381 e. The third-order valence-corrected chi connectivity index (χ3v) is 1.37. The van der Waals surface area contributed by atoms with E-state index in [1.54, 1.807) is 0 Å². The van der Waals surface area contributed by atoms with Gasteiger partial charge in [-0.05, 0) is 12.8 Å². The summed E-state index contributed by atoms with van der Waals surface area (Å²) in [5.74, 6) is 0. The standard InChI is InChI=1S/C4H8O.C2H3ClO/c1-2-4-5-3-1;3-2-1-4-2/h1-4H2;2H,1H2. The van der Waals surface area contributed by atoms with Gasteiger partial charge in [0.15, 0.2) is 5.56 Å². The molecule has 1 atom stereocenters. The molecule has 2 aliphatic rings. The molecule has 0 spiro atoms. The van der Waals surface area contributed by atoms with Gasteiger partial charge in [0.25, 0.3) is 0 Å². The first-order valence-corrected chi connectivity index (χ1v) is 3.66. The van der Waals surface area contributed by atoms with Gasteiger partial charge in [-0.15, -0.1) is 0 Å². The van der Waals surface area contributed by atoms with E-state index in [1.807, 2.05) is 0 Å². The smallest absolute Gasteiger partial charge is 0.154 e. The van der Waals surface area contributed by atoms with E-state index in [4.69, 9.17) is 16.3 Å². The van der Waals surface area contributed by atoms with Crippen LogP contribution in [0, 0.1) is 0 Å². The molecule has 0 radical (unpaired) electrons. The monoisotopic (exact) mass is 150 g/mol. The Bertz CT molecular complexity index is 61.8. The van der Waals surface area contributed by atoms with Gasteiger partial charge < -0.3 is 9.47 Å². The minimum Gasteiger partial charge on any atom is -0.381 e. The molecule has 0 aromatic rings. The lowest BCUT2D eigenvalue weighted by atomic mass is 10.4. The van der Waals surface area contributed by atoms with Crippen LogP contribution in [0.2, 0.25) is 0 Å². The second-order valence-corrected chi connectivity index (χ2v) is 2.55. The summed E-state index contributed by atoms with van der Waals surface area (Å²) in [6.45, 7) is 2.75. The molecule has 2 rings (SSSR count). The van der Waals surface area contributed by atoms with E-state index in [2.05, 4.69) is 4.74 Å². The third kappa shape index (κ3) is 4.70. The van der Waals surface area contributed by atoms with Crippen molar-refractivity contribution in [2.45, 2.75) is 18.4 Å². The number of hydrogen-bond donors (Lipinski definition) is 0. The van der Waals surface area contributed by atoms with Gasteiger partial charge in [-0.25, -0.2) is 0 Å². The predicted octanol–water partition coefficient (Wildman–Crippen LogP) is 1.38. The van der Waals surface area contributed by atoms with E-state index in [9.17, 15) is 0 Å². The van der Waals surface area contributed by atoms with Crippen LogP contribution in [0.4, 0.5) is 0 Å². The molecule has 0 aromatic heterocycles. The van der Waals surface area contributed by atoms with Crippen LogP contribution in [0.1, 0.15) is 12.8 Å². The topological polar surface area (TPSA) is 21.8 Å². The van der Waals surface area contributed by atoms with Gasteiger partial charge in [-0.2, -0.15) is 0 Å². The Morgan fingerprint density at radius 2 is 1.67 bits per heavy atom. The molecule has 0 aliphatic carbocycles. The summed E-state index contributed by atoms with van der Waals surface area (Å²) < 4.78 is 9.42. The molecule has 9 heavy (non-hydrogen) atoms. The lowest BCUT2D eigenvalue weighted by Crippen LogP contribution is -1.74. The first-order valence-electron chi connectivity index (χ1n) is 3.23. The van der Waals surface area contributed by atoms with Gasteiger partial charge in [0.1, 0.15) is 0 Å². The number of alkyl halides is 1. The van der Waals surface area contributed by atoms with Crippen molar-refractivity contribution in [2.24, 2.45) is 0 Å². The maximum Gasteiger partial charge on any atom is 0.154 e. The van der Waals surface area contributed by atoms with E-state index >= 15 is 0 Å². The maximum atomic E-state index is 5.16. The maximum absolute atomic E-state index is 5.16. The Hall–Kier alpha value is 0.210. The Morgan fingerprint density at radius 1 is 1.22 bits per heavy atom. The van der Waals surface area contributed by atoms with Gasteiger partial charge in [-0.3, -0.25) is 0 Å². The number of rotatable bonds is 0. The van der Waals surface area contributed by atoms with E-state index in [0.29, 0.717) is 0 Å². The molecular formula is C6H11ClO2. The summed E-state index contributed by atoms with van der Waals surface area (Å²) in [5.41, 5.74) is 0.0556. The highest BCUT2D eigenvalue weighted by molar-refractivity contribution is 6.21. The zero-order chi connectivity index (χ0) is 6.53. The molecule has 54 valence electrons. The SMILES string of the molecule is C1CCOC1.ClC1CO1. The molecule has 0 saturated carbocycles. The third-order valence-electron chi connectivity index (χ3n) is 1.12. The average molecular weight is 151 g/mol. The molecule has 0 aromatic carbocycles. The fourth-order valence-corrected chi connectivity index (χ4v) is 0.619. The van der Waals surface area contributed by atoms with Crippen molar-refractivity contribution in [2.75, 3.05) is 19.8 Å². The molecule has 2 nitrogen and oxygen atoms in total. The highest BCUT2D eigenvalue weighted by atomic mass is 35.5. The zero-order valence-corrected chi connectivity index (χ0v) is 6.06. The zero-order valence-electron chi connectivity index (χ0n) is 5.31. The fourth-order valence-electron chi connectivity index (χ4n) is 0.547. The summed E-state index contributed by atoms with van der Waals surface area (Å²) in [7, 11) is 0. The predicted molar refractivity (Wildman–Crippen MR) is 35.6 cm³/mol. The second-order valence-electron chi connectivity index (χ2n) is 2.06. The molecule has 0 amide bonds. The lowest BCUT2D eigenvalue weighted by molar-refractivity contribution is 0.198. The Balaban J connectivity index is 0.0000000922. The molecule has 0 N–H and O–H groups in total. The van der Waals surface area contributed by atoms with E-state index in [0.717, 1.165) is 19.8 Å². The van der Waals surface area contributed by atoms with Gasteiger partial charge in [-0.1, -0.05) is 11.6 Å². The lowest BCUT2D eigenvalue weighted by Gasteiger charge is -1.76. The van der Waals surface area contributed by atoms with E-state index in [1.165, 1.54) is 12.8 Å². The first-order chi connectivity index (χ1) is 4.39. The number of ether oxygens (including phenoxy) is 2. The van der Waals surface area contributed by atoms with Crippen molar-refractivity contribution in [1.82, 2.24) is 0 Å². The minimum atomic E-state index is 0.0556. The second kappa shape index (κ2) is 4.09. The number of halogens is 1. The van der Waals surface area contributed by atoms with Crippen LogP contribution in [-0.2, 0) is 9.47 Å². The van der Waals surface area contributed by atoms with Gasteiger partial charge in [0, 0.05) is 13.2 Å². The molecule has 2 fully saturated rings. The van der Waals surface area contributed by atoms with Gasteiger partial charge in [0.05, 0.1) is 6.61 Å². The quantitative estimate of drug-likeness (QED) is 0.385. The van der Waals surface area contributed by atoms with Crippen molar-refractivity contribution < 1.29 is 9.47 Å². The van der Waals surface area contributed by atoms with Crippen LogP contribution in [0.15, 0.2) is 0 Å². The number of hydrogen-bond acceptors (Lipinski definition) is 2. The molecule has 1 unspecified atom stereocenters. The number of epoxide rings is 1. The fraction of sp³-hybridized carbons (Fsp3) is 1.00. The van der Waals surface area contributed by atoms with Crippen molar-refractivity contribution in [1.29, 1.82) is 0 Å². The van der Waals surface area contributed by atoms with Crippen molar-refractivity contribution in [3.05, 3.63) is 0 Å². The summed E-state index contributed by atoms with van der Waals surface area (Å²) in [4.78, 5) is 0. The van der Waals surface area contributed by atoms with Crippen LogP contribution >= 0.6 is 11.6 Å². The molecule has 2 heterocycles. The van der Waals surface area contributed by atoms with E-state index < -0.39 is 0 Å². The summed E-state index contributed by atoms with van der Waals surface area (Å²) in [6.07, 6.45) is 2.56. The Kier molecular flexibility index (Phi) is 3.33. The summed E-state index contributed by atoms with van der Waals surface area (Å²) in [5, 5.41) is 0. The normalized spacial score (nSPS) is 31.0. The van der Waals surface area contributed by atoms with Crippen LogP contribution in [0.3, 0.4) is 0 Å². The summed E-state index contributed by atoms with van der Waals surface area (Å²) in [6, 6.07) is 0. The minimum absolute atomic E-state index is 0.0556. The van der Waals surface area contributed by atoms with Crippen LogP contribution in [0.25, 0.3) is 0 Å². The van der Waals surface area contributed by atoms with Crippen molar-refractivity contribution in [3.63, 3.8) is 0 Å². The molecular weight excluding hydrogens is 140 g/mol. The average Bonchev–Trinajstić information content (AvgIpc) is 2.52.